The fourth-order valence-corrected chi connectivity index (χ4v) is 4.54. The number of carbonyl (C=O) groups excluding carboxylic acids is 1. The Hall–Kier alpha value is -2.90. The summed E-state index contributed by atoms with van der Waals surface area (Å²) in [6, 6.07) is 1.14. The van der Waals surface area contributed by atoms with Crippen LogP contribution in [0.1, 0.15) is 48.1 Å². The SMILES string of the molecule is CC1CCc2c(N3CCCC(C(N)=O)C3)c(F)cc3c(=O)c(C(=O)O)cn1c23. The zero-order valence-electron chi connectivity index (χ0n) is 15.6. The first-order chi connectivity index (χ1) is 13.3. The Kier molecular flexibility index (Phi) is 4.36. The molecule has 28 heavy (non-hydrogen) atoms. The molecular weight excluding hydrogens is 365 g/mol. The summed E-state index contributed by atoms with van der Waals surface area (Å²) >= 11 is 0. The Labute approximate surface area is 160 Å². The summed E-state index contributed by atoms with van der Waals surface area (Å²) < 4.78 is 17.0. The Balaban J connectivity index is 1.97. The predicted octanol–water partition coefficient (Wildman–Crippen LogP) is 2.05. The summed E-state index contributed by atoms with van der Waals surface area (Å²) in [6.45, 7) is 2.90. The summed E-state index contributed by atoms with van der Waals surface area (Å²) in [6.07, 6.45) is 4.05. The molecular formula is C20H22FN3O4. The van der Waals surface area contributed by atoms with Gasteiger partial charge in [-0.25, -0.2) is 9.18 Å². The van der Waals surface area contributed by atoms with Gasteiger partial charge in [0, 0.05) is 36.3 Å². The van der Waals surface area contributed by atoms with E-state index in [1.54, 1.807) is 4.57 Å². The fraction of sp³-hybridized carbons (Fsp3) is 0.450. The number of primary amides is 1. The van der Waals surface area contributed by atoms with E-state index in [0.29, 0.717) is 49.1 Å². The molecule has 0 spiro atoms. The molecule has 2 aliphatic heterocycles. The summed E-state index contributed by atoms with van der Waals surface area (Å²) in [7, 11) is 0. The van der Waals surface area contributed by atoms with Crippen molar-refractivity contribution in [3.05, 3.63) is 39.4 Å². The Morgan fingerprint density at radius 1 is 1.32 bits per heavy atom. The Bertz CT molecular complexity index is 1060. The maximum absolute atomic E-state index is 15.2. The Morgan fingerprint density at radius 2 is 2.07 bits per heavy atom. The molecule has 0 aliphatic carbocycles. The molecule has 2 aromatic rings. The van der Waals surface area contributed by atoms with Gasteiger partial charge >= 0.3 is 5.97 Å². The minimum Gasteiger partial charge on any atom is -0.477 e. The molecule has 148 valence electrons. The van der Waals surface area contributed by atoms with Crippen LogP contribution < -0.4 is 16.1 Å². The van der Waals surface area contributed by atoms with Crippen molar-refractivity contribution < 1.29 is 19.1 Å². The maximum Gasteiger partial charge on any atom is 0.341 e. The summed E-state index contributed by atoms with van der Waals surface area (Å²) in [5, 5.41) is 9.46. The van der Waals surface area contributed by atoms with Crippen LogP contribution >= 0.6 is 0 Å². The number of halogens is 1. The second-order valence-corrected chi connectivity index (χ2v) is 7.74. The second-order valence-electron chi connectivity index (χ2n) is 7.74. The summed E-state index contributed by atoms with van der Waals surface area (Å²) in [5.74, 6) is -2.61. The van der Waals surface area contributed by atoms with E-state index in [1.165, 1.54) is 6.20 Å². The van der Waals surface area contributed by atoms with Gasteiger partial charge in [-0.15, -0.1) is 0 Å². The molecule has 1 aromatic carbocycles. The van der Waals surface area contributed by atoms with Gasteiger partial charge < -0.3 is 20.3 Å². The predicted molar refractivity (Wildman–Crippen MR) is 102 cm³/mol. The van der Waals surface area contributed by atoms with Crippen LogP contribution in [0, 0.1) is 11.7 Å². The molecule has 8 heteroatoms. The molecule has 0 radical (unpaired) electrons. The third-order valence-electron chi connectivity index (χ3n) is 6.00. The van der Waals surface area contributed by atoms with Crippen LogP contribution in [0.25, 0.3) is 10.9 Å². The topological polar surface area (TPSA) is 106 Å². The largest absolute Gasteiger partial charge is 0.477 e. The van der Waals surface area contributed by atoms with E-state index in [1.807, 2.05) is 11.8 Å². The molecule has 2 atom stereocenters. The minimum absolute atomic E-state index is 0.00765. The first-order valence-electron chi connectivity index (χ1n) is 9.47. The van der Waals surface area contributed by atoms with Gasteiger partial charge in [0.25, 0.3) is 0 Å². The normalized spacial score (nSPS) is 21.7. The number of hydrogen-bond acceptors (Lipinski definition) is 4. The molecule has 2 unspecified atom stereocenters. The highest BCUT2D eigenvalue weighted by Gasteiger charge is 2.31. The van der Waals surface area contributed by atoms with Gasteiger partial charge in [-0.3, -0.25) is 9.59 Å². The van der Waals surface area contributed by atoms with Crippen LogP contribution in [0.3, 0.4) is 0 Å². The van der Waals surface area contributed by atoms with Crippen LogP contribution in [0.4, 0.5) is 10.1 Å². The Morgan fingerprint density at radius 3 is 2.75 bits per heavy atom. The van der Waals surface area contributed by atoms with Crippen molar-refractivity contribution in [1.82, 2.24) is 4.57 Å². The number of nitrogens with two attached hydrogens (primary N) is 1. The lowest BCUT2D eigenvalue weighted by molar-refractivity contribution is -0.122. The number of nitrogens with zero attached hydrogens (tertiary/aromatic N) is 2. The highest BCUT2D eigenvalue weighted by atomic mass is 19.1. The van der Waals surface area contributed by atoms with Crippen molar-refractivity contribution in [2.75, 3.05) is 18.0 Å². The molecule has 7 nitrogen and oxygen atoms in total. The van der Waals surface area contributed by atoms with E-state index in [4.69, 9.17) is 5.73 Å². The van der Waals surface area contributed by atoms with Crippen molar-refractivity contribution in [3.63, 3.8) is 0 Å². The van der Waals surface area contributed by atoms with E-state index in [2.05, 4.69) is 0 Å². The smallest absolute Gasteiger partial charge is 0.341 e. The van der Waals surface area contributed by atoms with Crippen LogP contribution in [0.2, 0.25) is 0 Å². The zero-order chi connectivity index (χ0) is 20.2. The summed E-state index contributed by atoms with van der Waals surface area (Å²) in [4.78, 5) is 37.6. The average Bonchev–Trinajstić information content (AvgIpc) is 2.65. The van der Waals surface area contributed by atoms with E-state index in [0.717, 1.165) is 12.5 Å². The molecule has 1 aromatic heterocycles. The van der Waals surface area contributed by atoms with E-state index in [9.17, 15) is 19.5 Å². The number of carboxylic acids is 1. The van der Waals surface area contributed by atoms with Crippen molar-refractivity contribution in [2.45, 2.75) is 38.6 Å². The number of aromatic nitrogens is 1. The molecule has 0 saturated carbocycles. The second kappa shape index (κ2) is 6.61. The van der Waals surface area contributed by atoms with Gasteiger partial charge in [-0.2, -0.15) is 0 Å². The van der Waals surface area contributed by atoms with Gasteiger partial charge in [0.1, 0.15) is 11.4 Å². The number of amides is 1. The van der Waals surface area contributed by atoms with Gasteiger partial charge in [0.15, 0.2) is 0 Å². The first kappa shape index (κ1) is 18.5. The number of piperidine rings is 1. The minimum atomic E-state index is -1.32. The van der Waals surface area contributed by atoms with Crippen molar-refractivity contribution in [2.24, 2.45) is 11.7 Å². The number of hydrogen-bond donors (Lipinski definition) is 2. The van der Waals surface area contributed by atoms with Gasteiger partial charge in [-0.05, 0) is 38.7 Å². The molecule has 3 N–H and O–H groups in total. The molecule has 4 rings (SSSR count). The number of carbonyl (C=O) groups is 2. The first-order valence-corrected chi connectivity index (χ1v) is 9.47. The molecule has 3 heterocycles. The van der Waals surface area contributed by atoms with E-state index < -0.39 is 23.1 Å². The highest BCUT2D eigenvalue weighted by Crippen LogP contribution is 2.39. The number of rotatable bonds is 3. The van der Waals surface area contributed by atoms with Crippen LogP contribution in [0.15, 0.2) is 17.1 Å². The van der Waals surface area contributed by atoms with E-state index in [-0.39, 0.29) is 22.9 Å². The summed E-state index contributed by atoms with van der Waals surface area (Å²) in [5.41, 5.74) is 6.13. The van der Waals surface area contributed by atoms with Crippen LogP contribution in [-0.2, 0) is 11.2 Å². The fourth-order valence-electron chi connectivity index (χ4n) is 4.54. The molecule has 2 aliphatic rings. The number of carboxylic acid groups (broad SMARTS) is 1. The average molecular weight is 387 g/mol. The standard InChI is InChI=1S/C20H22FN3O4/c1-10-4-5-12-16-13(18(25)14(20(27)28)9-24(10)16)7-15(21)17(12)23-6-2-3-11(8-23)19(22)26/h7,9-11H,2-6,8H2,1H3,(H2,22,26)(H,27,28). The molecule has 1 saturated heterocycles. The lowest BCUT2D eigenvalue weighted by Crippen LogP contribution is -2.42. The number of aryl methyl sites for hydroxylation is 1. The van der Waals surface area contributed by atoms with Crippen molar-refractivity contribution in [3.8, 4) is 0 Å². The highest BCUT2D eigenvalue weighted by molar-refractivity contribution is 5.95. The number of pyridine rings is 1. The number of benzene rings is 1. The van der Waals surface area contributed by atoms with Gasteiger partial charge in [-0.1, -0.05) is 0 Å². The molecule has 1 fully saturated rings. The lowest BCUT2D eigenvalue weighted by Gasteiger charge is -2.36. The zero-order valence-corrected chi connectivity index (χ0v) is 15.6. The van der Waals surface area contributed by atoms with Crippen molar-refractivity contribution in [1.29, 1.82) is 0 Å². The quantitative estimate of drug-likeness (QED) is 0.839. The van der Waals surface area contributed by atoms with Crippen LogP contribution in [0.5, 0.6) is 0 Å². The third-order valence-corrected chi connectivity index (χ3v) is 6.00. The maximum atomic E-state index is 15.2. The third kappa shape index (κ3) is 2.75. The monoisotopic (exact) mass is 387 g/mol. The number of anilines is 1. The molecule has 1 amide bonds. The molecule has 0 bridgehead atoms. The van der Waals surface area contributed by atoms with Crippen molar-refractivity contribution >= 4 is 28.5 Å². The lowest BCUT2D eigenvalue weighted by atomic mass is 9.91. The van der Waals surface area contributed by atoms with Gasteiger partial charge in [0.05, 0.1) is 17.1 Å². The number of aromatic carboxylic acids is 1. The van der Waals surface area contributed by atoms with Gasteiger partial charge in [0.2, 0.25) is 11.3 Å². The van der Waals surface area contributed by atoms with Crippen LogP contribution in [-0.4, -0.2) is 34.6 Å². The van der Waals surface area contributed by atoms with E-state index >= 15 is 4.39 Å².